The van der Waals surface area contributed by atoms with Gasteiger partial charge in [0.1, 0.15) is 0 Å². The van der Waals surface area contributed by atoms with Gasteiger partial charge in [-0.15, -0.1) is 0 Å². The fourth-order valence-electron chi connectivity index (χ4n) is 3.69. The fourth-order valence-corrected chi connectivity index (χ4v) is 3.69. The number of fused-ring (bicyclic) bond motifs is 1. The van der Waals surface area contributed by atoms with E-state index in [0.29, 0.717) is 43.4 Å². The van der Waals surface area contributed by atoms with Crippen LogP contribution in [0.4, 0.5) is 0 Å². The average molecular weight is 377 g/mol. The van der Waals surface area contributed by atoms with Gasteiger partial charge in [0.15, 0.2) is 11.5 Å². The lowest BCUT2D eigenvalue weighted by atomic mass is 9.92. The van der Waals surface area contributed by atoms with Crippen molar-refractivity contribution in [2.45, 2.75) is 0 Å². The molecule has 3 aromatic rings. The monoisotopic (exact) mass is 377 g/mol. The van der Waals surface area contributed by atoms with Crippen LogP contribution >= 0.6 is 0 Å². The van der Waals surface area contributed by atoms with Gasteiger partial charge in [-0.25, -0.2) is 0 Å². The molecule has 1 aliphatic rings. The molecule has 1 amide bonds. The lowest BCUT2D eigenvalue weighted by Crippen LogP contribution is -2.40. The van der Waals surface area contributed by atoms with Gasteiger partial charge in [0.25, 0.3) is 5.91 Å². The van der Waals surface area contributed by atoms with Crippen LogP contribution in [0.1, 0.15) is 10.4 Å². The van der Waals surface area contributed by atoms with E-state index in [1.165, 1.54) is 0 Å². The predicted molar refractivity (Wildman–Crippen MR) is 109 cm³/mol. The van der Waals surface area contributed by atoms with E-state index in [2.05, 4.69) is 12.1 Å². The van der Waals surface area contributed by atoms with Crippen LogP contribution in [0.2, 0.25) is 0 Å². The van der Waals surface area contributed by atoms with Gasteiger partial charge >= 0.3 is 0 Å². The molecule has 1 saturated heterocycles. The number of rotatable bonds is 4. The Bertz CT molecular complexity index is 1010. The first kappa shape index (κ1) is 18.3. The maximum atomic E-state index is 13.3. The van der Waals surface area contributed by atoms with E-state index in [4.69, 9.17) is 14.2 Å². The summed E-state index contributed by atoms with van der Waals surface area (Å²) >= 11 is 0. The predicted octanol–water partition coefficient (Wildman–Crippen LogP) is 4.00. The molecule has 5 heteroatoms. The smallest absolute Gasteiger partial charge is 0.254 e. The zero-order valence-electron chi connectivity index (χ0n) is 16.1. The van der Waals surface area contributed by atoms with E-state index in [1.54, 1.807) is 14.2 Å². The number of ether oxygens (including phenoxy) is 3. The molecule has 1 fully saturated rings. The number of amides is 1. The molecule has 1 heterocycles. The molecular weight excluding hydrogens is 354 g/mol. The molecule has 0 aromatic heterocycles. The number of benzene rings is 3. The van der Waals surface area contributed by atoms with E-state index in [0.717, 1.165) is 21.9 Å². The number of morpholine rings is 1. The van der Waals surface area contributed by atoms with Gasteiger partial charge < -0.3 is 19.1 Å². The lowest BCUT2D eigenvalue weighted by molar-refractivity contribution is 0.0303. The summed E-state index contributed by atoms with van der Waals surface area (Å²) in [5.74, 6) is 1.32. The molecule has 0 saturated carbocycles. The van der Waals surface area contributed by atoms with Crippen molar-refractivity contribution in [3.63, 3.8) is 0 Å². The van der Waals surface area contributed by atoms with Crippen LogP contribution in [0.15, 0.2) is 54.6 Å². The lowest BCUT2D eigenvalue weighted by Gasteiger charge is -2.28. The summed E-state index contributed by atoms with van der Waals surface area (Å²) < 4.78 is 16.3. The van der Waals surface area contributed by atoms with Crippen molar-refractivity contribution in [3.8, 4) is 22.6 Å². The van der Waals surface area contributed by atoms with Crippen molar-refractivity contribution in [2.24, 2.45) is 0 Å². The molecule has 28 heavy (non-hydrogen) atoms. The summed E-state index contributed by atoms with van der Waals surface area (Å²) in [6.45, 7) is 2.37. The molecule has 0 spiro atoms. The van der Waals surface area contributed by atoms with Gasteiger partial charge in [0.05, 0.1) is 27.4 Å². The van der Waals surface area contributed by atoms with Crippen molar-refractivity contribution in [3.05, 3.63) is 60.2 Å². The Morgan fingerprint density at radius 1 is 0.929 bits per heavy atom. The highest BCUT2D eigenvalue weighted by Crippen LogP contribution is 2.38. The van der Waals surface area contributed by atoms with E-state index in [1.807, 2.05) is 47.4 Å². The van der Waals surface area contributed by atoms with Crippen molar-refractivity contribution >= 4 is 16.7 Å². The Labute approximate surface area is 164 Å². The van der Waals surface area contributed by atoms with Gasteiger partial charge in [0.2, 0.25) is 0 Å². The molecule has 3 aromatic carbocycles. The summed E-state index contributed by atoms with van der Waals surface area (Å²) in [6, 6.07) is 17.8. The first-order valence-corrected chi connectivity index (χ1v) is 9.34. The van der Waals surface area contributed by atoms with E-state index >= 15 is 0 Å². The minimum Gasteiger partial charge on any atom is -0.493 e. The van der Waals surface area contributed by atoms with Crippen molar-refractivity contribution < 1.29 is 19.0 Å². The van der Waals surface area contributed by atoms with Gasteiger partial charge in [-0.2, -0.15) is 0 Å². The van der Waals surface area contributed by atoms with Crippen LogP contribution in [0.25, 0.3) is 21.9 Å². The highest BCUT2D eigenvalue weighted by molar-refractivity contribution is 6.10. The molecule has 0 atom stereocenters. The fraction of sp³-hybridized carbons (Fsp3) is 0.261. The molecule has 4 rings (SSSR count). The van der Waals surface area contributed by atoms with Gasteiger partial charge in [-0.3, -0.25) is 4.79 Å². The second-order valence-electron chi connectivity index (χ2n) is 6.68. The zero-order chi connectivity index (χ0) is 19.5. The van der Waals surface area contributed by atoms with Crippen molar-refractivity contribution in [2.75, 3.05) is 40.5 Å². The minimum atomic E-state index is 0.0267. The van der Waals surface area contributed by atoms with Crippen LogP contribution in [0.5, 0.6) is 11.5 Å². The Hall–Kier alpha value is -3.05. The Morgan fingerprint density at radius 3 is 2.43 bits per heavy atom. The highest BCUT2D eigenvalue weighted by atomic mass is 16.5. The average Bonchev–Trinajstić information content (AvgIpc) is 2.78. The summed E-state index contributed by atoms with van der Waals surface area (Å²) in [5.41, 5.74) is 2.52. The topological polar surface area (TPSA) is 48.0 Å². The van der Waals surface area contributed by atoms with E-state index < -0.39 is 0 Å². The second kappa shape index (κ2) is 7.90. The quantitative estimate of drug-likeness (QED) is 0.690. The number of hydrogen-bond donors (Lipinski definition) is 0. The summed E-state index contributed by atoms with van der Waals surface area (Å²) in [5, 5.41) is 2.12. The van der Waals surface area contributed by atoms with Crippen molar-refractivity contribution in [1.82, 2.24) is 4.90 Å². The molecule has 0 aliphatic carbocycles. The number of methoxy groups -OCH3 is 2. The largest absolute Gasteiger partial charge is 0.493 e. The number of nitrogens with zero attached hydrogens (tertiary/aromatic N) is 1. The molecule has 0 unspecified atom stereocenters. The Balaban J connectivity index is 1.91. The number of hydrogen-bond acceptors (Lipinski definition) is 4. The Kier molecular flexibility index (Phi) is 5.17. The van der Waals surface area contributed by atoms with Crippen LogP contribution in [0.3, 0.4) is 0 Å². The molecule has 0 bridgehead atoms. The summed E-state index contributed by atoms with van der Waals surface area (Å²) in [7, 11) is 3.23. The summed E-state index contributed by atoms with van der Waals surface area (Å²) in [4.78, 5) is 15.2. The minimum absolute atomic E-state index is 0.0267. The summed E-state index contributed by atoms with van der Waals surface area (Å²) in [6.07, 6.45) is 0. The van der Waals surface area contributed by atoms with Gasteiger partial charge in [0, 0.05) is 24.2 Å². The van der Waals surface area contributed by atoms with Gasteiger partial charge in [-0.1, -0.05) is 36.4 Å². The van der Waals surface area contributed by atoms with Crippen LogP contribution in [-0.4, -0.2) is 51.3 Å². The molecule has 0 N–H and O–H groups in total. The SMILES string of the molecule is COc1ccc(-c2c(C(=O)N3CCOCC3)ccc3ccccc23)cc1OC. The van der Waals surface area contributed by atoms with Crippen LogP contribution in [0, 0.1) is 0 Å². The van der Waals surface area contributed by atoms with E-state index in [-0.39, 0.29) is 5.91 Å². The van der Waals surface area contributed by atoms with Crippen molar-refractivity contribution in [1.29, 1.82) is 0 Å². The second-order valence-corrected chi connectivity index (χ2v) is 6.68. The third kappa shape index (κ3) is 3.29. The maximum Gasteiger partial charge on any atom is 0.254 e. The molecule has 144 valence electrons. The third-order valence-corrected chi connectivity index (χ3v) is 5.13. The standard InChI is InChI=1S/C23H23NO4/c1-26-20-10-8-17(15-21(20)27-2)22-18-6-4-3-5-16(18)7-9-19(22)23(25)24-11-13-28-14-12-24/h3-10,15H,11-14H2,1-2H3. The molecular formula is C23H23NO4. The van der Waals surface area contributed by atoms with Crippen LogP contribution in [-0.2, 0) is 4.74 Å². The van der Waals surface area contributed by atoms with Gasteiger partial charge in [-0.05, 0) is 34.5 Å². The maximum absolute atomic E-state index is 13.3. The first-order chi connectivity index (χ1) is 13.7. The van der Waals surface area contributed by atoms with Crippen LogP contribution < -0.4 is 9.47 Å². The Morgan fingerprint density at radius 2 is 1.68 bits per heavy atom. The first-order valence-electron chi connectivity index (χ1n) is 9.34. The molecule has 0 radical (unpaired) electrons. The highest BCUT2D eigenvalue weighted by Gasteiger charge is 2.23. The normalized spacial score (nSPS) is 14.1. The molecule has 1 aliphatic heterocycles. The zero-order valence-corrected chi connectivity index (χ0v) is 16.1. The number of carbonyl (C=O) groups excluding carboxylic acids is 1. The molecule has 5 nitrogen and oxygen atoms in total. The third-order valence-electron chi connectivity index (χ3n) is 5.13. The number of carbonyl (C=O) groups is 1. The van der Waals surface area contributed by atoms with E-state index in [9.17, 15) is 4.79 Å².